The second-order valence-electron chi connectivity index (χ2n) is 8.31. The van der Waals surface area contributed by atoms with E-state index in [0.29, 0.717) is 5.56 Å². The van der Waals surface area contributed by atoms with E-state index in [9.17, 15) is 4.79 Å². The van der Waals surface area contributed by atoms with Crippen LogP contribution in [0.2, 0.25) is 0 Å². The molecular weight excluding hydrogens is 505 g/mol. The molecule has 0 saturated carbocycles. The van der Waals surface area contributed by atoms with Crippen molar-refractivity contribution in [1.29, 1.82) is 0 Å². The Bertz CT molecular complexity index is 926. The normalized spacial score (nSPS) is 15.5. The van der Waals surface area contributed by atoms with Gasteiger partial charge in [0.05, 0.1) is 38.5 Å². The number of hydrogen-bond acceptors (Lipinski definition) is 5. The van der Waals surface area contributed by atoms with Crippen LogP contribution in [0.1, 0.15) is 23.7 Å². The van der Waals surface area contributed by atoms with Gasteiger partial charge in [-0.25, -0.2) is 4.98 Å². The number of rotatable bonds is 7. The minimum absolute atomic E-state index is 0.0250. The number of piperazine rings is 1. The summed E-state index contributed by atoms with van der Waals surface area (Å²) in [5.41, 5.74) is 3.81. The molecule has 1 amide bonds. The largest absolute Gasteiger partial charge is 0.495 e. The first kappa shape index (κ1) is 23.6. The molecule has 0 bridgehead atoms. The Kier molecular flexibility index (Phi) is 7.64. The lowest BCUT2D eigenvalue weighted by Crippen LogP contribution is -2.59. The summed E-state index contributed by atoms with van der Waals surface area (Å²) >= 11 is 2.31. The van der Waals surface area contributed by atoms with Crippen molar-refractivity contribution in [2.45, 2.75) is 13.3 Å². The van der Waals surface area contributed by atoms with Gasteiger partial charge in [0.1, 0.15) is 24.5 Å². The number of amides is 1. The number of hydrogen-bond donors (Lipinski definition) is 1. The highest BCUT2D eigenvalue weighted by molar-refractivity contribution is 14.1. The number of pyridine rings is 1. The number of quaternary nitrogens is 1. The summed E-state index contributed by atoms with van der Waals surface area (Å²) in [4.78, 5) is 21.5. The lowest BCUT2D eigenvalue weighted by molar-refractivity contribution is 0.0828. The fourth-order valence-corrected chi connectivity index (χ4v) is 5.06. The molecule has 31 heavy (non-hydrogen) atoms. The minimum Gasteiger partial charge on any atom is -0.495 e. The van der Waals surface area contributed by atoms with Crippen molar-refractivity contribution in [3.63, 3.8) is 0 Å². The summed E-state index contributed by atoms with van der Waals surface area (Å²) in [5.74, 6) is 0.877. The molecule has 8 heteroatoms. The molecule has 1 N–H and O–H groups in total. The molecule has 1 aliphatic rings. The fourth-order valence-electron chi connectivity index (χ4n) is 4.06. The van der Waals surface area contributed by atoms with Gasteiger partial charge in [-0.2, -0.15) is 0 Å². The number of methoxy groups -OCH3 is 1. The molecule has 2 aromatic rings. The van der Waals surface area contributed by atoms with E-state index in [2.05, 4.69) is 63.9 Å². The van der Waals surface area contributed by atoms with Crippen LogP contribution in [0.3, 0.4) is 0 Å². The molecule has 1 fully saturated rings. The third-order valence-corrected chi connectivity index (χ3v) is 6.68. The second kappa shape index (κ2) is 10.0. The molecule has 168 valence electrons. The highest BCUT2D eigenvalue weighted by Crippen LogP contribution is 2.39. The molecule has 7 nitrogen and oxygen atoms in total. The topological polar surface area (TPSA) is 57.7 Å². The number of nitrogens with zero attached hydrogens (tertiary/aromatic N) is 4. The molecule has 1 saturated heterocycles. The molecular formula is C23H33IN5O2+. The Morgan fingerprint density at radius 2 is 1.97 bits per heavy atom. The Balaban J connectivity index is 1.96. The summed E-state index contributed by atoms with van der Waals surface area (Å²) < 4.78 is 7.25. The van der Waals surface area contributed by atoms with Crippen LogP contribution in [-0.4, -0.2) is 76.8 Å². The molecule has 1 aliphatic heterocycles. The van der Waals surface area contributed by atoms with E-state index in [0.717, 1.165) is 70.1 Å². The smallest absolute Gasteiger partial charge is 0.257 e. The number of para-hydroxylation sites is 2. The summed E-state index contributed by atoms with van der Waals surface area (Å²) in [6.45, 7) is 6.56. The molecule has 0 radical (unpaired) electrons. The third-order valence-electron chi connectivity index (χ3n) is 5.89. The van der Waals surface area contributed by atoms with Crippen LogP contribution in [0, 0.1) is 3.70 Å². The highest BCUT2D eigenvalue weighted by atomic mass is 127. The summed E-state index contributed by atoms with van der Waals surface area (Å²) in [5, 5.41) is 3.55. The number of halogens is 1. The third kappa shape index (κ3) is 4.90. The van der Waals surface area contributed by atoms with Crippen molar-refractivity contribution in [3.8, 4) is 5.75 Å². The van der Waals surface area contributed by atoms with Gasteiger partial charge >= 0.3 is 0 Å². The summed E-state index contributed by atoms with van der Waals surface area (Å²) in [6, 6.07) is 8.17. The van der Waals surface area contributed by atoms with Gasteiger partial charge in [0.2, 0.25) is 0 Å². The predicted molar refractivity (Wildman–Crippen MR) is 136 cm³/mol. The maximum Gasteiger partial charge on any atom is 0.257 e. The van der Waals surface area contributed by atoms with Crippen molar-refractivity contribution in [2.24, 2.45) is 0 Å². The van der Waals surface area contributed by atoms with E-state index in [1.807, 2.05) is 12.1 Å². The zero-order valence-corrected chi connectivity index (χ0v) is 21.3. The van der Waals surface area contributed by atoms with E-state index < -0.39 is 0 Å². The van der Waals surface area contributed by atoms with Gasteiger partial charge in [0, 0.05) is 26.8 Å². The molecule has 0 unspecified atom stereocenters. The Hall–Kier alpha value is -2.07. The molecule has 1 aromatic heterocycles. The summed E-state index contributed by atoms with van der Waals surface area (Å²) in [7, 11) is 7.54. The van der Waals surface area contributed by atoms with Crippen molar-refractivity contribution >= 4 is 45.6 Å². The van der Waals surface area contributed by atoms with Gasteiger partial charge in [-0.1, -0.05) is 19.1 Å². The first-order valence-corrected chi connectivity index (χ1v) is 11.8. The van der Waals surface area contributed by atoms with Gasteiger partial charge in [0.15, 0.2) is 9.39 Å². The lowest BCUT2D eigenvalue weighted by atomic mass is 10.1. The molecule has 3 rings (SSSR count). The van der Waals surface area contributed by atoms with Gasteiger partial charge in [0.25, 0.3) is 5.91 Å². The first-order chi connectivity index (χ1) is 14.8. The number of nitrogens with one attached hydrogen (secondary N) is 1. The van der Waals surface area contributed by atoms with Crippen LogP contribution < -0.4 is 19.4 Å². The Morgan fingerprint density at radius 3 is 2.58 bits per heavy atom. The second-order valence-corrected chi connectivity index (χ2v) is 9.34. The van der Waals surface area contributed by atoms with Crippen LogP contribution >= 0.6 is 22.6 Å². The number of benzene rings is 1. The van der Waals surface area contributed by atoms with Crippen LogP contribution in [-0.2, 0) is 0 Å². The number of likely N-dealkylation sites (N-methyl/N-ethyl adjacent to an activating group) is 1. The van der Waals surface area contributed by atoms with Gasteiger partial charge in [-0.05, 0) is 41.1 Å². The monoisotopic (exact) mass is 538 g/mol. The van der Waals surface area contributed by atoms with Crippen LogP contribution in [0.5, 0.6) is 5.75 Å². The standard InChI is InChI=1S/C23H32IN5O2/c1-6-11-25-20-17(23(30)27(2)3)16-26-22(24)21(20)29(4)14-12-28(13-15-29)18-9-7-8-10-19(18)31-5/h7-10,16H,6,11-15H2,1-5H3/p+1. The number of anilines is 2. The zero-order valence-electron chi connectivity index (χ0n) is 19.1. The van der Waals surface area contributed by atoms with Gasteiger partial charge in [-0.15, -0.1) is 0 Å². The van der Waals surface area contributed by atoms with E-state index in [4.69, 9.17) is 4.74 Å². The Labute approximate surface area is 199 Å². The number of aromatic nitrogens is 1. The van der Waals surface area contributed by atoms with Crippen molar-refractivity contribution < 1.29 is 9.53 Å². The lowest BCUT2D eigenvalue weighted by Gasteiger charge is -2.43. The molecule has 0 aliphatic carbocycles. The average Bonchev–Trinajstić information content (AvgIpc) is 2.77. The van der Waals surface area contributed by atoms with E-state index in [1.165, 1.54) is 0 Å². The van der Waals surface area contributed by atoms with Crippen LogP contribution in [0.15, 0.2) is 30.5 Å². The average molecular weight is 538 g/mol. The fraction of sp³-hybridized carbons (Fsp3) is 0.478. The zero-order chi connectivity index (χ0) is 22.6. The minimum atomic E-state index is -0.0250. The van der Waals surface area contributed by atoms with Crippen molar-refractivity contribution in [2.75, 3.05) is 71.2 Å². The maximum atomic E-state index is 12.9. The van der Waals surface area contributed by atoms with Gasteiger partial charge < -0.3 is 19.9 Å². The highest BCUT2D eigenvalue weighted by Gasteiger charge is 2.38. The predicted octanol–water partition coefficient (Wildman–Crippen LogP) is 3.68. The SMILES string of the molecule is CCCNc1c(C(=O)N(C)C)cnc(I)c1[N+]1(C)CCN(c2ccccc2OC)CC1. The number of carbonyl (C=O) groups excluding carboxylic acids is 1. The van der Waals surface area contributed by atoms with E-state index in [-0.39, 0.29) is 5.91 Å². The van der Waals surface area contributed by atoms with Gasteiger partial charge in [-0.3, -0.25) is 9.28 Å². The van der Waals surface area contributed by atoms with Crippen molar-refractivity contribution in [1.82, 2.24) is 14.4 Å². The molecule has 2 heterocycles. The summed E-state index contributed by atoms with van der Waals surface area (Å²) in [6.07, 6.45) is 2.70. The van der Waals surface area contributed by atoms with Crippen molar-refractivity contribution in [3.05, 3.63) is 39.7 Å². The molecule has 1 aromatic carbocycles. The number of carbonyl (C=O) groups is 1. The van der Waals surface area contributed by atoms with E-state index >= 15 is 0 Å². The Morgan fingerprint density at radius 1 is 1.29 bits per heavy atom. The first-order valence-electron chi connectivity index (χ1n) is 10.7. The van der Waals surface area contributed by atoms with Crippen LogP contribution in [0.4, 0.5) is 17.1 Å². The maximum absolute atomic E-state index is 12.9. The van der Waals surface area contributed by atoms with Crippen LogP contribution in [0.25, 0.3) is 0 Å². The molecule has 0 spiro atoms. The number of ether oxygens (including phenoxy) is 1. The van der Waals surface area contributed by atoms with E-state index in [1.54, 1.807) is 32.3 Å². The quantitative estimate of drug-likeness (QED) is 0.331. The molecule has 0 atom stereocenters.